The van der Waals surface area contributed by atoms with E-state index in [0.29, 0.717) is 16.3 Å². The highest BCUT2D eigenvalue weighted by Gasteiger charge is 2.14. The molecule has 0 radical (unpaired) electrons. The van der Waals surface area contributed by atoms with Crippen LogP contribution in [0, 0.1) is 13.8 Å². The van der Waals surface area contributed by atoms with Crippen molar-refractivity contribution in [2.75, 3.05) is 16.9 Å². The molecule has 2 amide bonds. The molecule has 0 atom stereocenters. The second kappa shape index (κ2) is 8.18. The molecule has 0 spiro atoms. The van der Waals surface area contributed by atoms with Gasteiger partial charge in [-0.05, 0) is 72.8 Å². The van der Waals surface area contributed by atoms with Crippen LogP contribution in [-0.4, -0.2) is 26.5 Å². The molecule has 0 saturated heterocycles. The number of nitrogens with one attached hydrogen (secondary N) is 2. The van der Waals surface area contributed by atoms with Gasteiger partial charge in [-0.3, -0.25) is 9.59 Å². The molecule has 2 N–H and O–H groups in total. The second-order valence-corrected chi connectivity index (χ2v) is 9.60. The maximum atomic E-state index is 12.5. The first-order valence-corrected chi connectivity index (χ1v) is 11.5. The maximum Gasteiger partial charge on any atom is 0.265 e. The fourth-order valence-corrected chi connectivity index (χ4v) is 4.22. The number of benzene rings is 2. The summed E-state index contributed by atoms with van der Waals surface area (Å²) in [5.74, 6) is -0.587. The zero-order chi connectivity index (χ0) is 21.2. The Labute approximate surface area is 173 Å². The van der Waals surface area contributed by atoms with Gasteiger partial charge in [-0.15, -0.1) is 11.3 Å². The van der Waals surface area contributed by atoms with Crippen LogP contribution in [0.3, 0.4) is 0 Å². The van der Waals surface area contributed by atoms with Crippen molar-refractivity contribution in [3.8, 4) is 0 Å². The number of hydrogen-bond acceptors (Lipinski definition) is 5. The van der Waals surface area contributed by atoms with Crippen LogP contribution >= 0.6 is 11.3 Å². The first-order chi connectivity index (χ1) is 13.6. The molecule has 0 unspecified atom stereocenters. The van der Waals surface area contributed by atoms with Crippen molar-refractivity contribution in [1.82, 2.24) is 0 Å². The molecule has 1 heterocycles. The minimum Gasteiger partial charge on any atom is -0.322 e. The first kappa shape index (κ1) is 20.8. The van der Waals surface area contributed by atoms with E-state index in [1.807, 2.05) is 25.3 Å². The average molecular weight is 429 g/mol. The Morgan fingerprint density at radius 2 is 1.66 bits per heavy atom. The number of rotatable bonds is 5. The van der Waals surface area contributed by atoms with Gasteiger partial charge in [0, 0.05) is 23.2 Å². The van der Waals surface area contributed by atoms with E-state index >= 15 is 0 Å². The third-order valence-electron chi connectivity index (χ3n) is 4.33. The third-order valence-corrected chi connectivity index (χ3v) is 6.45. The van der Waals surface area contributed by atoms with Crippen LogP contribution < -0.4 is 10.6 Å². The monoisotopic (exact) mass is 428 g/mol. The van der Waals surface area contributed by atoms with Crippen LogP contribution in [0.2, 0.25) is 0 Å². The van der Waals surface area contributed by atoms with E-state index in [1.165, 1.54) is 29.5 Å². The lowest BCUT2D eigenvalue weighted by Gasteiger charge is -2.12. The van der Waals surface area contributed by atoms with Gasteiger partial charge in [-0.1, -0.05) is 6.07 Å². The van der Waals surface area contributed by atoms with Crippen molar-refractivity contribution in [3.05, 3.63) is 75.5 Å². The number of anilines is 2. The Morgan fingerprint density at radius 1 is 0.897 bits per heavy atom. The van der Waals surface area contributed by atoms with Gasteiger partial charge < -0.3 is 10.6 Å². The summed E-state index contributed by atoms with van der Waals surface area (Å²) in [6.07, 6.45) is 1.10. The Balaban J connectivity index is 1.75. The summed E-state index contributed by atoms with van der Waals surface area (Å²) in [5, 5.41) is 7.50. The molecule has 0 bridgehead atoms. The number of thiophene rings is 1. The van der Waals surface area contributed by atoms with E-state index in [9.17, 15) is 18.0 Å². The van der Waals surface area contributed by atoms with E-state index in [1.54, 1.807) is 24.3 Å². The van der Waals surface area contributed by atoms with Gasteiger partial charge in [-0.25, -0.2) is 8.42 Å². The van der Waals surface area contributed by atoms with Crippen molar-refractivity contribution in [2.24, 2.45) is 0 Å². The quantitative estimate of drug-likeness (QED) is 0.635. The lowest BCUT2D eigenvalue weighted by Crippen LogP contribution is -2.14. The summed E-state index contributed by atoms with van der Waals surface area (Å²) in [5.41, 5.74) is 3.13. The molecule has 8 heteroatoms. The molecule has 3 rings (SSSR count). The lowest BCUT2D eigenvalue weighted by atomic mass is 10.1. The lowest BCUT2D eigenvalue weighted by molar-refractivity contribution is 0.101. The van der Waals surface area contributed by atoms with Crippen LogP contribution in [0.4, 0.5) is 11.4 Å². The molecule has 29 heavy (non-hydrogen) atoms. The number of hydrogen-bond donors (Lipinski definition) is 2. The number of aryl methyl sites for hydroxylation is 2. The summed E-state index contributed by atoms with van der Waals surface area (Å²) in [7, 11) is -3.40. The van der Waals surface area contributed by atoms with Gasteiger partial charge in [0.25, 0.3) is 11.8 Å². The highest BCUT2D eigenvalue weighted by molar-refractivity contribution is 7.90. The molecule has 0 aliphatic carbocycles. The predicted octanol–water partition coefficient (Wildman–Crippen LogP) is 4.27. The van der Waals surface area contributed by atoms with Gasteiger partial charge in [0.15, 0.2) is 9.84 Å². The van der Waals surface area contributed by atoms with Gasteiger partial charge in [0.05, 0.1) is 9.77 Å². The third kappa shape index (κ3) is 4.90. The minimum atomic E-state index is -3.40. The van der Waals surface area contributed by atoms with E-state index in [-0.39, 0.29) is 16.4 Å². The predicted molar refractivity (Wildman–Crippen MR) is 116 cm³/mol. The van der Waals surface area contributed by atoms with Crippen molar-refractivity contribution in [2.45, 2.75) is 18.7 Å². The van der Waals surface area contributed by atoms with E-state index in [0.717, 1.165) is 17.4 Å². The molecule has 1 aromatic heterocycles. The standard InChI is InChI=1S/C21H20N2O4S2/c1-13-9-10-28-19(13)21(25)22-16-7-8-18(14(2)11-16)23-20(24)15-5-4-6-17(12-15)29(3,26)27/h4-12H,1-3H3,(H,22,25)(H,23,24). The molecular formula is C21H20N2O4S2. The number of carbonyl (C=O) groups is 2. The van der Waals surface area contributed by atoms with E-state index < -0.39 is 15.7 Å². The summed E-state index contributed by atoms with van der Waals surface area (Å²) in [4.78, 5) is 25.6. The van der Waals surface area contributed by atoms with Crippen molar-refractivity contribution in [3.63, 3.8) is 0 Å². The van der Waals surface area contributed by atoms with Crippen LogP contribution in [0.25, 0.3) is 0 Å². The minimum absolute atomic E-state index is 0.0869. The maximum absolute atomic E-state index is 12.5. The molecule has 3 aromatic rings. The van der Waals surface area contributed by atoms with Crippen molar-refractivity contribution < 1.29 is 18.0 Å². The topological polar surface area (TPSA) is 92.3 Å². The first-order valence-electron chi connectivity index (χ1n) is 8.73. The molecule has 150 valence electrons. The van der Waals surface area contributed by atoms with Crippen LogP contribution in [0.5, 0.6) is 0 Å². The second-order valence-electron chi connectivity index (χ2n) is 6.67. The Morgan fingerprint density at radius 3 is 2.28 bits per heavy atom. The molecule has 0 saturated carbocycles. The van der Waals surface area contributed by atoms with E-state index in [2.05, 4.69) is 10.6 Å². The number of carbonyl (C=O) groups excluding carboxylic acids is 2. The smallest absolute Gasteiger partial charge is 0.265 e. The number of amides is 2. The largest absolute Gasteiger partial charge is 0.322 e. The highest BCUT2D eigenvalue weighted by Crippen LogP contribution is 2.23. The van der Waals surface area contributed by atoms with Gasteiger partial charge in [-0.2, -0.15) is 0 Å². The van der Waals surface area contributed by atoms with Crippen LogP contribution in [0.1, 0.15) is 31.2 Å². The zero-order valence-corrected chi connectivity index (χ0v) is 17.8. The normalized spacial score (nSPS) is 11.1. The van der Waals surface area contributed by atoms with Gasteiger partial charge in [0.2, 0.25) is 0 Å². The number of sulfone groups is 1. The van der Waals surface area contributed by atoms with Crippen molar-refractivity contribution in [1.29, 1.82) is 0 Å². The summed E-state index contributed by atoms with van der Waals surface area (Å²) in [6.45, 7) is 3.70. The Kier molecular flexibility index (Phi) is 5.86. The van der Waals surface area contributed by atoms with Gasteiger partial charge in [0.1, 0.15) is 0 Å². The summed E-state index contributed by atoms with van der Waals surface area (Å²) >= 11 is 1.38. The zero-order valence-electron chi connectivity index (χ0n) is 16.1. The molecular weight excluding hydrogens is 408 g/mol. The van der Waals surface area contributed by atoms with Gasteiger partial charge >= 0.3 is 0 Å². The fourth-order valence-electron chi connectivity index (χ4n) is 2.74. The van der Waals surface area contributed by atoms with Crippen LogP contribution in [-0.2, 0) is 9.84 Å². The molecule has 0 aliphatic heterocycles. The summed E-state index contributed by atoms with van der Waals surface area (Å²) in [6, 6.07) is 12.9. The molecule has 0 fully saturated rings. The Bertz CT molecular complexity index is 1200. The molecule has 2 aromatic carbocycles. The van der Waals surface area contributed by atoms with Crippen molar-refractivity contribution >= 4 is 44.4 Å². The van der Waals surface area contributed by atoms with Crippen LogP contribution in [0.15, 0.2) is 58.8 Å². The average Bonchev–Trinajstić information content (AvgIpc) is 3.09. The molecule has 6 nitrogen and oxygen atoms in total. The highest BCUT2D eigenvalue weighted by atomic mass is 32.2. The fraction of sp³-hybridized carbons (Fsp3) is 0.143. The Hall–Kier alpha value is -2.97. The van der Waals surface area contributed by atoms with E-state index in [4.69, 9.17) is 0 Å². The molecule has 0 aliphatic rings. The summed E-state index contributed by atoms with van der Waals surface area (Å²) < 4.78 is 23.4. The SMILES string of the molecule is Cc1cc(NC(=O)c2sccc2C)ccc1NC(=O)c1cccc(S(C)(=O)=O)c1.